The first-order valence-corrected chi connectivity index (χ1v) is 7.87. The number of amides is 1. The van der Waals surface area contributed by atoms with Crippen LogP contribution in [0, 0.1) is 5.41 Å². The van der Waals surface area contributed by atoms with Crippen molar-refractivity contribution < 1.29 is 18.3 Å². The van der Waals surface area contributed by atoms with Crippen molar-refractivity contribution >= 4 is 21.6 Å². The predicted molar refractivity (Wildman–Crippen MR) is 80.0 cm³/mol. The molecule has 1 aromatic carbocycles. The first-order chi connectivity index (χ1) is 9.59. The molecule has 0 heterocycles. The summed E-state index contributed by atoms with van der Waals surface area (Å²) in [6, 6.07) is 3.79. The van der Waals surface area contributed by atoms with Crippen LogP contribution in [0.2, 0.25) is 0 Å². The molecule has 0 fully saturated rings. The van der Waals surface area contributed by atoms with Gasteiger partial charge < -0.3 is 16.6 Å². The number of nitrogens with two attached hydrogens (primary N) is 2. The Labute approximate surface area is 124 Å². The van der Waals surface area contributed by atoms with Gasteiger partial charge in [0.25, 0.3) is 0 Å². The third kappa shape index (κ3) is 4.69. The van der Waals surface area contributed by atoms with Gasteiger partial charge in [0.1, 0.15) is 4.90 Å². The monoisotopic (exact) mass is 315 g/mol. The van der Waals surface area contributed by atoms with E-state index in [4.69, 9.17) is 16.6 Å². The van der Waals surface area contributed by atoms with Gasteiger partial charge in [-0.25, -0.2) is 13.1 Å². The van der Waals surface area contributed by atoms with Crippen LogP contribution in [0.25, 0.3) is 0 Å². The van der Waals surface area contributed by atoms with Gasteiger partial charge in [0.05, 0.1) is 5.69 Å². The molecule has 1 aromatic rings. The number of hydrogen-bond donors (Lipinski definition) is 4. The lowest BCUT2D eigenvalue weighted by Crippen LogP contribution is -2.35. The van der Waals surface area contributed by atoms with E-state index in [2.05, 4.69) is 4.72 Å². The molecule has 0 aliphatic heterocycles. The number of aliphatic hydroxyl groups excluding tert-OH is 1. The quantitative estimate of drug-likeness (QED) is 0.527. The first-order valence-electron chi connectivity index (χ1n) is 6.39. The number of nitrogens with one attached hydrogen (secondary N) is 1. The fraction of sp³-hybridized carbons (Fsp3) is 0.462. The van der Waals surface area contributed by atoms with Gasteiger partial charge in [0.2, 0.25) is 15.9 Å². The van der Waals surface area contributed by atoms with Crippen molar-refractivity contribution in [1.29, 1.82) is 0 Å². The van der Waals surface area contributed by atoms with Crippen LogP contribution in [-0.2, 0) is 10.0 Å². The Morgan fingerprint density at radius 3 is 2.48 bits per heavy atom. The zero-order chi connectivity index (χ0) is 16.3. The van der Waals surface area contributed by atoms with Crippen LogP contribution in [0.3, 0.4) is 0 Å². The zero-order valence-electron chi connectivity index (χ0n) is 12.1. The van der Waals surface area contributed by atoms with E-state index in [0.717, 1.165) is 0 Å². The average molecular weight is 315 g/mol. The lowest BCUT2D eigenvalue weighted by Gasteiger charge is -2.24. The van der Waals surface area contributed by atoms with E-state index in [0.29, 0.717) is 6.42 Å². The minimum absolute atomic E-state index is 0.0236. The molecular formula is C13H21N3O4S. The Kier molecular flexibility index (Phi) is 5.32. The number of hydrogen-bond acceptors (Lipinski definition) is 5. The number of sulfonamides is 1. The van der Waals surface area contributed by atoms with E-state index in [1.165, 1.54) is 18.2 Å². The molecule has 0 atom stereocenters. The second kappa shape index (κ2) is 6.42. The molecule has 7 nitrogen and oxygen atoms in total. The summed E-state index contributed by atoms with van der Waals surface area (Å²) in [5, 5.41) is 8.93. The Morgan fingerprint density at radius 1 is 1.38 bits per heavy atom. The van der Waals surface area contributed by atoms with E-state index in [-0.39, 0.29) is 34.7 Å². The highest BCUT2D eigenvalue weighted by atomic mass is 32.2. The number of aliphatic hydroxyl groups is 1. The number of carbonyl (C=O) groups excluding carboxylic acids is 1. The molecule has 0 saturated heterocycles. The zero-order valence-corrected chi connectivity index (χ0v) is 12.9. The third-order valence-electron chi connectivity index (χ3n) is 3.11. The topological polar surface area (TPSA) is 136 Å². The molecule has 1 amide bonds. The fourth-order valence-corrected chi connectivity index (χ4v) is 3.06. The largest absolute Gasteiger partial charge is 0.398 e. The summed E-state index contributed by atoms with van der Waals surface area (Å²) >= 11 is 0. The van der Waals surface area contributed by atoms with Gasteiger partial charge in [-0.2, -0.15) is 0 Å². The predicted octanol–water partition coefficient (Wildman–Crippen LogP) is 0.0546. The Hall–Kier alpha value is -1.64. The van der Waals surface area contributed by atoms with E-state index in [1.807, 2.05) is 13.8 Å². The summed E-state index contributed by atoms with van der Waals surface area (Å²) in [4.78, 5) is 10.9. The molecule has 0 saturated carbocycles. The van der Waals surface area contributed by atoms with E-state index < -0.39 is 15.9 Å². The summed E-state index contributed by atoms with van der Waals surface area (Å²) in [5.74, 6) is -0.678. The summed E-state index contributed by atoms with van der Waals surface area (Å²) in [6.45, 7) is 3.81. The summed E-state index contributed by atoms with van der Waals surface area (Å²) < 4.78 is 26.9. The van der Waals surface area contributed by atoms with Gasteiger partial charge in [-0.05, 0) is 30.0 Å². The molecule has 8 heteroatoms. The first kappa shape index (κ1) is 17.4. The highest BCUT2D eigenvalue weighted by Crippen LogP contribution is 2.22. The molecule has 21 heavy (non-hydrogen) atoms. The van der Waals surface area contributed by atoms with E-state index in [9.17, 15) is 13.2 Å². The van der Waals surface area contributed by atoms with Crippen LogP contribution < -0.4 is 16.2 Å². The van der Waals surface area contributed by atoms with Crippen LogP contribution in [0.5, 0.6) is 0 Å². The average Bonchev–Trinajstić information content (AvgIpc) is 2.36. The van der Waals surface area contributed by atoms with Gasteiger partial charge in [-0.15, -0.1) is 0 Å². The Morgan fingerprint density at radius 2 is 2.00 bits per heavy atom. The maximum atomic E-state index is 12.2. The second-order valence-corrected chi connectivity index (χ2v) is 7.31. The SMILES string of the molecule is CC(C)(CCO)CNS(=O)(=O)c1ccc(C(N)=O)cc1N. The van der Waals surface area contributed by atoms with Crippen molar-refractivity contribution in [3.63, 3.8) is 0 Å². The number of nitrogen functional groups attached to an aromatic ring is 1. The smallest absolute Gasteiger partial charge is 0.248 e. The molecule has 118 valence electrons. The number of benzene rings is 1. The van der Waals surface area contributed by atoms with Crippen molar-refractivity contribution in [2.45, 2.75) is 25.2 Å². The maximum Gasteiger partial charge on any atom is 0.248 e. The molecule has 0 spiro atoms. The highest BCUT2D eigenvalue weighted by molar-refractivity contribution is 7.89. The van der Waals surface area contributed by atoms with Gasteiger partial charge in [-0.3, -0.25) is 4.79 Å². The lowest BCUT2D eigenvalue weighted by atomic mass is 9.90. The second-order valence-electron chi connectivity index (χ2n) is 5.58. The van der Waals surface area contributed by atoms with Gasteiger partial charge in [0, 0.05) is 18.7 Å². The fourth-order valence-electron chi connectivity index (χ4n) is 1.71. The van der Waals surface area contributed by atoms with Crippen molar-refractivity contribution in [3.8, 4) is 0 Å². The molecule has 0 aliphatic rings. The molecule has 0 radical (unpaired) electrons. The van der Waals surface area contributed by atoms with Gasteiger partial charge >= 0.3 is 0 Å². The number of carbonyl (C=O) groups is 1. The normalized spacial score (nSPS) is 12.3. The van der Waals surface area contributed by atoms with Crippen LogP contribution in [-0.4, -0.2) is 32.6 Å². The molecule has 0 bridgehead atoms. The van der Waals surface area contributed by atoms with Crippen molar-refractivity contribution in [2.24, 2.45) is 11.1 Å². The standard InChI is InChI=1S/C13H21N3O4S/c1-13(2,5-6-17)8-16-21(19,20)11-4-3-9(12(15)18)7-10(11)14/h3-4,7,16-17H,5-6,8,14H2,1-2H3,(H2,15,18). The molecule has 1 rings (SSSR count). The van der Waals surface area contributed by atoms with Crippen LogP contribution >= 0.6 is 0 Å². The van der Waals surface area contributed by atoms with Gasteiger partial charge in [-0.1, -0.05) is 13.8 Å². The lowest BCUT2D eigenvalue weighted by molar-refractivity contribution is 0.1000. The highest BCUT2D eigenvalue weighted by Gasteiger charge is 2.23. The molecule has 0 aliphatic carbocycles. The minimum atomic E-state index is -3.79. The number of primary amides is 1. The van der Waals surface area contributed by atoms with Crippen LogP contribution in [0.1, 0.15) is 30.6 Å². The van der Waals surface area contributed by atoms with Gasteiger partial charge in [0.15, 0.2) is 0 Å². The number of anilines is 1. The summed E-state index contributed by atoms with van der Waals surface area (Å²) in [5.41, 5.74) is 10.5. The summed E-state index contributed by atoms with van der Waals surface area (Å²) in [7, 11) is -3.79. The molecule has 0 aromatic heterocycles. The Balaban J connectivity index is 2.96. The number of rotatable bonds is 7. The van der Waals surface area contributed by atoms with Crippen LogP contribution in [0.15, 0.2) is 23.1 Å². The van der Waals surface area contributed by atoms with Crippen LogP contribution in [0.4, 0.5) is 5.69 Å². The maximum absolute atomic E-state index is 12.2. The van der Waals surface area contributed by atoms with E-state index in [1.54, 1.807) is 0 Å². The molecular weight excluding hydrogens is 294 g/mol. The van der Waals surface area contributed by atoms with Crippen molar-refractivity contribution in [1.82, 2.24) is 4.72 Å². The van der Waals surface area contributed by atoms with E-state index >= 15 is 0 Å². The third-order valence-corrected chi connectivity index (χ3v) is 4.59. The summed E-state index contributed by atoms with van der Waals surface area (Å²) in [6.07, 6.45) is 0.464. The van der Waals surface area contributed by atoms with Crippen molar-refractivity contribution in [3.05, 3.63) is 23.8 Å². The minimum Gasteiger partial charge on any atom is -0.398 e. The molecule has 6 N–H and O–H groups in total. The van der Waals surface area contributed by atoms with Crippen molar-refractivity contribution in [2.75, 3.05) is 18.9 Å². The Bertz CT molecular complexity index is 626. The molecule has 0 unspecified atom stereocenters.